The minimum absolute atomic E-state index is 0.496. The lowest BCUT2D eigenvalue weighted by atomic mass is 10.1. The largest absolute Gasteiger partial charge is 0.314 e. The van der Waals surface area contributed by atoms with Gasteiger partial charge in [-0.3, -0.25) is 0 Å². The number of hydrogen-bond acceptors (Lipinski definition) is 4. The van der Waals surface area contributed by atoms with Crippen molar-refractivity contribution in [1.29, 1.82) is 0 Å². The second-order valence-corrected chi connectivity index (χ2v) is 5.21. The Morgan fingerprint density at radius 1 is 1.16 bits per heavy atom. The van der Waals surface area contributed by atoms with Crippen molar-refractivity contribution in [2.75, 3.05) is 6.54 Å². The molecule has 0 saturated carbocycles. The number of benzene rings is 1. The van der Waals surface area contributed by atoms with Crippen molar-refractivity contribution >= 4 is 0 Å². The first-order chi connectivity index (χ1) is 9.16. The van der Waals surface area contributed by atoms with Gasteiger partial charge in [-0.15, -0.1) is 5.10 Å². The van der Waals surface area contributed by atoms with Gasteiger partial charge in [0.15, 0.2) is 5.82 Å². The molecule has 0 saturated heterocycles. The molecule has 0 aliphatic rings. The maximum Gasteiger partial charge on any atom is 0.157 e. The van der Waals surface area contributed by atoms with Gasteiger partial charge >= 0.3 is 0 Å². The third-order valence-corrected chi connectivity index (χ3v) is 2.94. The smallest absolute Gasteiger partial charge is 0.157 e. The maximum absolute atomic E-state index is 4.13. The number of nitrogens with one attached hydrogen (secondary N) is 1. The number of tetrazole rings is 1. The molecule has 1 unspecified atom stereocenters. The van der Waals surface area contributed by atoms with E-state index in [2.05, 4.69) is 41.6 Å². The molecule has 1 heterocycles. The third-order valence-electron chi connectivity index (χ3n) is 2.94. The Kier molecular flexibility index (Phi) is 4.63. The Balaban J connectivity index is 2.04. The first kappa shape index (κ1) is 13.7. The molecule has 1 atom stereocenters. The lowest BCUT2D eigenvalue weighted by molar-refractivity contribution is 0.465. The summed E-state index contributed by atoms with van der Waals surface area (Å²) in [7, 11) is 0. The second kappa shape index (κ2) is 6.43. The second-order valence-electron chi connectivity index (χ2n) is 5.21. The summed E-state index contributed by atoms with van der Waals surface area (Å²) in [6.45, 7) is 7.49. The highest BCUT2D eigenvalue weighted by Crippen LogP contribution is 2.10. The summed E-state index contributed by atoms with van der Waals surface area (Å²) in [5.74, 6) is 1.40. The van der Waals surface area contributed by atoms with Crippen molar-refractivity contribution in [1.82, 2.24) is 25.5 Å². The summed E-state index contributed by atoms with van der Waals surface area (Å²) in [4.78, 5) is 0. The Labute approximate surface area is 114 Å². The highest BCUT2D eigenvalue weighted by Gasteiger charge is 2.12. The normalized spacial score (nSPS) is 12.8. The molecule has 0 bridgehead atoms. The Bertz CT molecular complexity index is 492. The van der Waals surface area contributed by atoms with E-state index >= 15 is 0 Å². The third kappa shape index (κ3) is 3.86. The first-order valence-corrected chi connectivity index (χ1v) is 6.73. The average Bonchev–Trinajstić information content (AvgIpc) is 2.85. The van der Waals surface area contributed by atoms with Crippen molar-refractivity contribution in [2.45, 2.75) is 33.2 Å². The molecule has 5 heteroatoms. The van der Waals surface area contributed by atoms with Crippen molar-refractivity contribution in [3.63, 3.8) is 0 Å². The van der Waals surface area contributed by atoms with E-state index < -0.39 is 0 Å². The van der Waals surface area contributed by atoms with Gasteiger partial charge in [0.05, 0.1) is 5.69 Å². The van der Waals surface area contributed by atoms with E-state index in [0.717, 1.165) is 24.5 Å². The Morgan fingerprint density at radius 2 is 1.89 bits per heavy atom. The fourth-order valence-electron chi connectivity index (χ4n) is 1.92. The van der Waals surface area contributed by atoms with E-state index in [9.17, 15) is 0 Å². The van der Waals surface area contributed by atoms with Crippen LogP contribution in [0, 0.1) is 5.92 Å². The standard InChI is InChI=1S/C14H21N5/c1-11(2)15-10-12(3)9-14-16-17-18-19(14)13-7-5-4-6-8-13/h4-8,11-12,15H,9-10H2,1-3H3. The van der Waals surface area contributed by atoms with Crippen LogP contribution < -0.4 is 5.32 Å². The van der Waals surface area contributed by atoms with Crippen LogP contribution in [0.5, 0.6) is 0 Å². The van der Waals surface area contributed by atoms with Crippen LogP contribution in [0.25, 0.3) is 5.69 Å². The highest BCUT2D eigenvalue weighted by atomic mass is 15.5. The van der Waals surface area contributed by atoms with Crippen LogP contribution in [0.4, 0.5) is 0 Å². The summed E-state index contributed by atoms with van der Waals surface area (Å²) in [5, 5.41) is 15.4. The molecule has 19 heavy (non-hydrogen) atoms. The molecular weight excluding hydrogens is 238 g/mol. The molecule has 5 nitrogen and oxygen atoms in total. The predicted octanol–water partition coefficient (Wildman–Crippen LogP) is 1.84. The topological polar surface area (TPSA) is 55.6 Å². The number of para-hydroxylation sites is 1. The zero-order chi connectivity index (χ0) is 13.7. The molecule has 1 N–H and O–H groups in total. The van der Waals surface area contributed by atoms with E-state index in [-0.39, 0.29) is 0 Å². The van der Waals surface area contributed by atoms with Gasteiger partial charge in [-0.2, -0.15) is 4.68 Å². The fourth-order valence-corrected chi connectivity index (χ4v) is 1.92. The molecule has 1 aromatic heterocycles. The highest BCUT2D eigenvalue weighted by molar-refractivity contribution is 5.30. The van der Waals surface area contributed by atoms with E-state index in [0.29, 0.717) is 12.0 Å². The zero-order valence-corrected chi connectivity index (χ0v) is 11.7. The van der Waals surface area contributed by atoms with E-state index in [4.69, 9.17) is 0 Å². The molecule has 0 spiro atoms. The first-order valence-electron chi connectivity index (χ1n) is 6.73. The number of hydrogen-bond donors (Lipinski definition) is 1. The van der Waals surface area contributed by atoms with Gasteiger partial charge in [0.1, 0.15) is 0 Å². The monoisotopic (exact) mass is 259 g/mol. The van der Waals surface area contributed by atoms with Crippen LogP contribution in [-0.2, 0) is 6.42 Å². The molecule has 0 aliphatic carbocycles. The molecule has 2 rings (SSSR count). The number of aromatic nitrogens is 4. The summed E-state index contributed by atoms with van der Waals surface area (Å²) < 4.78 is 1.81. The van der Waals surface area contributed by atoms with Gasteiger partial charge in [0, 0.05) is 12.5 Å². The van der Waals surface area contributed by atoms with E-state index in [1.54, 1.807) is 0 Å². The SMILES string of the molecule is CC(CNC(C)C)Cc1nnnn1-c1ccccc1. The quantitative estimate of drug-likeness (QED) is 0.860. The van der Waals surface area contributed by atoms with Crippen molar-refractivity contribution in [3.8, 4) is 5.69 Å². The summed E-state index contributed by atoms with van der Waals surface area (Å²) >= 11 is 0. The predicted molar refractivity (Wildman–Crippen MR) is 75.2 cm³/mol. The lowest BCUT2D eigenvalue weighted by Crippen LogP contribution is -2.29. The van der Waals surface area contributed by atoms with Crippen molar-refractivity contribution in [3.05, 3.63) is 36.2 Å². The molecule has 0 aliphatic heterocycles. The minimum atomic E-state index is 0.496. The molecule has 0 amide bonds. The molecular formula is C14H21N5. The Hall–Kier alpha value is -1.75. The van der Waals surface area contributed by atoms with Gasteiger partial charge in [0.25, 0.3) is 0 Å². The summed E-state index contributed by atoms with van der Waals surface area (Å²) in [5.41, 5.74) is 1.01. The summed E-state index contributed by atoms with van der Waals surface area (Å²) in [6, 6.07) is 10.5. The van der Waals surface area contributed by atoms with Gasteiger partial charge in [-0.05, 0) is 35.0 Å². The maximum atomic E-state index is 4.13. The summed E-state index contributed by atoms with van der Waals surface area (Å²) in [6.07, 6.45) is 0.863. The number of nitrogens with zero attached hydrogens (tertiary/aromatic N) is 4. The van der Waals surface area contributed by atoms with Gasteiger partial charge in [-0.1, -0.05) is 39.0 Å². The molecule has 102 valence electrons. The van der Waals surface area contributed by atoms with Crippen LogP contribution in [0.15, 0.2) is 30.3 Å². The van der Waals surface area contributed by atoms with E-state index in [1.807, 2.05) is 35.0 Å². The number of rotatable bonds is 6. The van der Waals surface area contributed by atoms with Crippen LogP contribution in [-0.4, -0.2) is 32.8 Å². The van der Waals surface area contributed by atoms with E-state index in [1.165, 1.54) is 0 Å². The minimum Gasteiger partial charge on any atom is -0.314 e. The van der Waals surface area contributed by atoms with Crippen molar-refractivity contribution < 1.29 is 0 Å². The fraction of sp³-hybridized carbons (Fsp3) is 0.500. The van der Waals surface area contributed by atoms with Crippen LogP contribution in [0.2, 0.25) is 0 Å². The zero-order valence-electron chi connectivity index (χ0n) is 11.7. The molecule has 2 aromatic rings. The Morgan fingerprint density at radius 3 is 2.58 bits per heavy atom. The average molecular weight is 259 g/mol. The van der Waals surface area contributed by atoms with Crippen LogP contribution >= 0.6 is 0 Å². The van der Waals surface area contributed by atoms with Gasteiger partial charge < -0.3 is 5.32 Å². The van der Waals surface area contributed by atoms with Gasteiger partial charge in [-0.25, -0.2) is 0 Å². The molecule has 0 radical (unpaired) electrons. The molecule has 0 fully saturated rings. The lowest BCUT2D eigenvalue weighted by Gasteiger charge is -2.14. The van der Waals surface area contributed by atoms with Crippen LogP contribution in [0.3, 0.4) is 0 Å². The molecule has 1 aromatic carbocycles. The van der Waals surface area contributed by atoms with Crippen LogP contribution in [0.1, 0.15) is 26.6 Å². The van der Waals surface area contributed by atoms with Crippen molar-refractivity contribution in [2.24, 2.45) is 5.92 Å². The van der Waals surface area contributed by atoms with Gasteiger partial charge in [0.2, 0.25) is 0 Å².